The number of amides is 1. The van der Waals surface area contributed by atoms with Crippen molar-refractivity contribution in [2.24, 2.45) is 0 Å². The number of hydrogen-bond donors (Lipinski definition) is 2. The molecule has 0 saturated carbocycles. The number of carbonyl (C=O) groups is 1. The molecule has 2 heterocycles. The molecule has 0 radical (unpaired) electrons. The number of carbonyl (C=O) groups excluding carboxylic acids is 1. The molecule has 0 aliphatic carbocycles. The summed E-state index contributed by atoms with van der Waals surface area (Å²) in [5, 5.41) is 2.98. The van der Waals surface area contributed by atoms with Gasteiger partial charge in [0.25, 0.3) is 0 Å². The maximum Gasteiger partial charge on any atom is 0.225 e. The first-order chi connectivity index (χ1) is 11.1. The molecule has 0 bridgehead atoms. The van der Waals surface area contributed by atoms with E-state index >= 15 is 0 Å². The van der Waals surface area contributed by atoms with Gasteiger partial charge in [0.1, 0.15) is 11.4 Å². The second kappa shape index (κ2) is 6.37. The molecule has 3 rings (SSSR count). The molecule has 1 amide bonds. The van der Waals surface area contributed by atoms with E-state index < -0.39 is 11.4 Å². The SMILES string of the molecule is COc1ccc(CC(=O)NC2(c3ncc[nH]3)CCOC2)cc1F. The van der Waals surface area contributed by atoms with Crippen molar-refractivity contribution in [3.63, 3.8) is 0 Å². The minimum absolute atomic E-state index is 0.0728. The van der Waals surface area contributed by atoms with Crippen LogP contribution in [0.25, 0.3) is 0 Å². The lowest BCUT2D eigenvalue weighted by Crippen LogP contribution is -2.47. The lowest BCUT2D eigenvalue weighted by molar-refractivity contribution is -0.122. The first kappa shape index (κ1) is 15.5. The summed E-state index contributed by atoms with van der Waals surface area (Å²) in [7, 11) is 1.40. The summed E-state index contributed by atoms with van der Waals surface area (Å²) in [6, 6.07) is 4.49. The highest BCUT2D eigenvalue weighted by molar-refractivity contribution is 5.79. The Morgan fingerprint density at radius 2 is 2.43 bits per heavy atom. The smallest absolute Gasteiger partial charge is 0.225 e. The predicted molar refractivity (Wildman–Crippen MR) is 80.5 cm³/mol. The fraction of sp³-hybridized carbons (Fsp3) is 0.375. The largest absolute Gasteiger partial charge is 0.494 e. The molecule has 2 N–H and O–H groups in total. The van der Waals surface area contributed by atoms with Crippen LogP contribution in [-0.2, 0) is 21.5 Å². The van der Waals surface area contributed by atoms with Gasteiger partial charge in [-0.1, -0.05) is 6.07 Å². The van der Waals surface area contributed by atoms with Gasteiger partial charge in [0.05, 0.1) is 20.1 Å². The summed E-state index contributed by atoms with van der Waals surface area (Å²) in [6.07, 6.45) is 4.06. The number of methoxy groups -OCH3 is 1. The number of imidazole rings is 1. The van der Waals surface area contributed by atoms with E-state index in [2.05, 4.69) is 15.3 Å². The molecule has 1 aromatic heterocycles. The van der Waals surface area contributed by atoms with Gasteiger partial charge in [-0.25, -0.2) is 9.37 Å². The summed E-state index contributed by atoms with van der Waals surface area (Å²) < 4.78 is 24.0. The molecule has 1 aliphatic heterocycles. The average Bonchev–Trinajstić information content (AvgIpc) is 3.19. The normalized spacial score (nSPS) is 20.4. The van der Waals surface area contributed by atoms with E-state index in [0.717, 1.165) is 0 Å². The number of nitrogens with zero attached hydrogens (tertiary/aromatic N) is 1. The van der Waals surface area contributed by atoms with Gasteiger partial charge in [0.2, 0.25) is 5.91 Å². The van der Waals surface area contributed by atoms with Crippen molar-refractivity contribution in [2.45, 2.75) is 18.4 Å². The monoisotopic (exact) mass is 319 g/mol. The Bertz CT molecular complexity index is 682. The maximum absolute atomic E-state index is 13.7. The van der Waals surface area contributed by atoms with Gasteiger partial charge in [-0.05, 0) is 17.7 Å². The van der Waals surface area contributed by atoms with Crippen molar-refractivity contribution in [3.8, 4) is 5.75 Å². The summed E-state index contributed by atoms with van der Waals surface area (Å²) in [6.45, 7) is 0.918. The Balaban J connectivity index is 1.72. The fourth-order valence-corrected chi connectivity index (χ4v) is 2.75. The number of rotatable bonds is 5. The highest BCUT2D eigenvalue weighted by Crippen LogP contribution is 2.28. The zero-order valence-corrected chi connectivity index (χ0v) is 12.8. The lowest BCUT2D eigenvalue weighted by Gasteiger charge is -2.26. The van der Waals surface area contributed by atoms with Crippen molar-refractivity contribution in [2.75, 3.05) is 20.3 Å². The van der Waals surface area contributed by atoms with E-state index in [-0.39, 0.29) is 18.1 Å². The molecule has 1 saturated heterocycles. The van der Waals surface area contributed by atoms with Crippen molar-refractivity contribution in [1.29, 1.82) is 0 Å². The second-order valence-corrected chi connectivity index (χ2v) is 5.52. The Kier molecular flexibility index (Phi) is 4.29. The first-order valence-electron chi connectivity index (χ1n) is 7.34. The summed E-state index contributed by atoms with van der Waals surface area (Å²) >= 11 is 0. The van der Waals surface area contributed by atoms with Crippen LogP contribution in [0.1, 0.15) is 17.8 Å². The number of aromatic amines is 1. The summed E-state index contributed by atoms with van der Waals surface area (Å²) in [5.41, 5.74) is -0.0692. The standard InChI is InChI=1S/C16H18FN3O3/c1-22-13-3-2-11(8-12(13)17)9-14(21)20-16(4-7-23-10-16)15-18-5-6-19-15/h2-3,5-6,8H,4,7,9-10H2,1H3,(H,18,19)(H,20,21). The minimum Gasteiger partial charge on any atom is -0.494 e. The van der Waals surface area contributed by atoms with Crippen molar-refractivity contribution < 1.29 is 18.7 Å². The van der Waals surface area contributed by atoms with E-state index in [0.29, 0.717) is 31.0 Å². The van der Waals surface area contributed by atoms with Crippen LogP contribution in [0.3, 0.4) is 0 Å². The van der Waals surface area contributed by atoms with Gasteiger partial charge in [-0.15, -0.1) is 0 Å². The van der Waals surface area contributed by atoms with E-state index in [1.807, 2.05) is 0 Å². The molecular weight excluding hydrogens is 301 g/mol. The Labute approximate surface area is 133 Å². The average molecular weight is 319 g/mol. The maximum atomic E-state index is 13.7. The van der Waals surface area contributed by atoms with Crippen molar-refractivity contribution >= 4 is 5.91 Å². The number of benzene rings is 1. The number of H-pyrrole nitrogens is 1. The molecule has 1 aliphatic rings. The third kappa shape index (κ3) is 3.19. The highest BCUT2D eigenvalue weighted by Gasteiger charge is 2.40. The number of halogens is 1. The van der Waals surface area contributed by atoms with E-state index in [1.54, 1.807) is 18.5 Å². The third-order valence-corrected chi connectivity index (χ3v) is 3.93. The van der Waals surface area contributed by atoms with Crippen molar-refractivity contribution in [3.05, 3.63) is 47.8 Å². The van der Waals surface area contributed by atoms with Crippen LogP contribution in [-0.4, -0.2) is 36.2 Å². The van der Waals surface area contributed by atoms with Gasteiger partial charge >= 0.3 is 0 Å². The van der Waals surface area contributed by atoms with Crippen LogP contribution in [0, 0.1) is 5.82 Å². The molecule has 122 valence electrons. The minimum atomic E-state index is -0.647. The molecule has 1 unspecified atom stereocenters. The quantitative estimate of drug-likeness (QED) is 0.876. The van der Waals surface area contributed by atoms with Crippen LogP contribution < -0.4 is 10.1 Å². The van der Waals surface area contributed by atoms with Gasteiger partial charge in [-0.2, -0.15) is 0 Å². The highest BCUT2D eigenvalue weighted by atomic mass is 19.1. The van der Waals surface area contributed by atoms with Crippen LogP contribution in [0.15, 0.2) is 30.6 Å². The molecular formula is C16H18FN3O3. The summed E-state index contributed by atoms with van der Waals surface area (Å²) in [5.74, 6) is 0.133. The number of hydrogen-bond acceptors (Lipinski definition) is 4. The molecule has 1 fully saturated rings. The van der Waals surface area contributed by atoms with Crippen molar-refractivity contribution in [1.82, 2.24) is 15.3 Å². The molecule has 0 spiro atoms. The lowest BCUT2D eigenvalue weighted by atomic mass is 9.97. The molecule has 7 heteroatoms. The van der Waals surface area contributed by atoms with Crippen LogP contribution >= 0.6 is 0 Å². The molecule has 1 aromatic carbocycles. The number of ether oxygens (including phenoxy) is 2. The fourth-order valence-electron chi connectivity index (χ4n) is 2.75. The van der Waals surface area contributed by atoms with E-state index in [1.165, 1.54) is 19.2 Å². The number of nitrogens with one attached hydrogen (secondary N) is 2. The van der Waals surface area contributed by atoms with Gasteiger partial charge in [-0.3, -0.25) is 4.79 Å². The second-order valence-electron chi connectivity index (χ2n) is 5.52. The molecule has 23 heavy (non-hydrogen) atoms. The van der Waals surface area contributed by atoms with Crippen LogP contribution in [0.2, 0.25) is 0 Å². The summed E-state index contributed by atoms with van der Waals surface area (Å²) in [4.78, 5) is 19.6. The molecule has 6 nitrogen and oxygen atoms in total. The van der Waals surface area contributed by atoms with Crippen LogP contribution in [0.5, 0.6) is 5.75 Å². The third-order valence-electron chi connectivity index (χ3n) is 3.93. The van der Waals surface area contributed by atoms with Gasteiger partial charge in [0.15, 0.2) is 11.6 Å². The number of aromatic nitrogens is 2. The zero-order chi connectivity index (χ0) is 16.3. The van der Waals surface area contributed by atoms with E-state index in [9.17, 15) is 9.18 Å². The Hall–Kier alpha value is -2.41. The molecule has 1 atom stereocenters. The first-order valence-corrected chi connectivity index (χ1v) is 7.34. The van der Waals surface area contributed by atoms with Gasteiger partial charge in [0, 0.05) is 25.4 Å². The zero-order valence-electron chi connectivity index (χ0n) is 12.8. The van der Waals surface area contributed by atoms with Crippen LogP contribution in [0.4, 0.5) is 4.39 Å². The topological polar surface area (TPSA) is 76.2 Å². The van der Waals surface area contributed by atoms with E-state index in [4.69, 9.17) is 9.47 Å². The Morgan fingerprint density at radius 1 is 1.57 bits per heavy atom. The molecule has 2 aromatic rings. The van der Waals surface area contributed by atoms with Gasteiger partial charge < -0.3 is 19.8 Å². The Morgan fingerprint density at radius 3 is 3.04 bits per heavy atom. The predicted octanol–water partition coefficient (Wildman–Crippen LogP) is 1.53.